The number of methoxy groups -OCH3 is 1. The summed E-state index contributed by atoms with van der Waals surface area (Å²) in [5.41, 5.74) is 7.98. The van der Waals surface area contributed by atoms with E-state index in [0.29, 0.717) is 23.9 Å². The molecule has 0 saturated carbocycles. The topological polar surface area (TPSA) is 116 Å². The van der Waals surface area contributed by atoms with Crippen LogP contribution in [0.15, 0.2) is 60.0 Å². The lowest BCUT2D eigenvalue weighted by molar-refractivity contribution is -0.737. The number of esters is 1. The quantitative estimate of drug-likeness (QED) is 0.142. The second-order valence-corrected chi connectivity index (χ2v) is 14.6. The smallest absolute Gasteiger partial charge is 0.374 e. The molecular formula is C24H32N5O4Si+. The van der Waals surface area contributed by atoms with Crippen molar-refractivity contribution in [2.75, 3.05) is 20.4 Å². The van der Waals surface area contributed by atoms with Crippen LogP contribution in [0.25, 0.3) is 10.9 Å². The predicted molar refractivity (Wildman–Crippen MR) is 134 cm³/mol. The molecule has 9 nitrogen and oxygen atoms in total. The molecule has 180 valence electrons. The number of hydrogen-bond donors (Lipinski definition) is 2. The highest BCUT2D eigenvalue weighted by Crippen LogP contribution is 2.23. The van der Waals surface area contributed by atoms with Crippen LogP contribution in [0.3, 0.4) is 0 Å². The summed E-state index contributed by atoms with van der Waals surface area (Å²) >= 11 is 0. The summed E-state index contributed by atoms with van der Waals surface area (Å²) in [6.07, 6.45) is 6.69. The third-order valence-corrected chi connectivity index (χ3v) is 6.64. The minimum absolute atomic E-state index is 0.106. The minimum Gasteiger partial charge on any atom is -0.464 e. The van der Waals surface area contributed by atoms with Crippen molar-refractivity contribution < 1.29 is 23.7 Å². The van der Waals surface area contributed by atoms with Crippen LogP contribution in [0, 0.1) is 0 Å². The zero-order chi connectivity index (χ0) is 24.6. The molecule has 10 heteroatoms. The van der Waals surface area contributed by atoms with Crippen LogP contribution in [0.1, 0.15) is 5.56 Å². The van der Waals surface area contributed by atoms with Gasteiger partial charge in [-0.1, -0.05) is 19.6 Å². The average molecular weight is 483 g/mol. The number of carbonyl (C=O) groups is 1. The Morgan fingerprint density at radius 2 is 2.09 bits per heavy atom. The lowest BCUT2D eigenvalue weighted by atomic mass is 10.2. The van der Waals surface area contributed by atoms with Gasteiger partial charge in [0, 0.05) is 32.5 Å². The Hall–Kier alpha value is -3.50. The second-order valence-electron chi connectivity index (χ2n) is 8.93. The van der Waals surface area contributed by atoms with Gasteiger partial charge in [0.15, 0.2) is 0 Å². The van der Waals surface area contributed by atoms with Crippen LogP contribution in [-0.4, -0.2) is 50.3 Å². The number of nitrogens with two attached hydrogens (primary N) is 1. The van der Waals surface area contributed by atoms with E-state index in [1.807, 2.05) is 30.5 Å². The molecule has 0 fully saturated rings. The van der Waals surface area contributed by atoms with Gasteiger partial charge in [0.25, 0.3) is 6.54 Å². The molecule has 0 aliphatic rings. The van der Waals surface area contributed by atoms with E-state index in [0.717, 1.165) is 22.5 Å². The van der Waals surface area contributed by atoms with Crippen LogP contribution < -0.4 is 15.2 Å². The van der Waals surface area contributed by atoms with Crippen molar-refractivity contribution in [2.45, 2.75) is 32.2 Å². The van der Waals surface area contributed by atoms with E-state index < -0.39 is 8.07 Å². The number of aromatic nitrogens is 3. The van der Waals surface area contributed by atoms with Gasteiger partial charge in [-0.15, -0.1) is 4.68 Å². The molecule has 0 radical (unpaired) electrons. The number of nitrogens with one attached hydrogen (secondary N) is 1. The van der Waals surface area contributed by atoms with Crippen molar-refractivity contribution >= 4 is 30.7 Å². The van der Waals surface area contributed by atoms with Gasteiger partial charge in [-0.3, -0.25) is 4.99 Å². The number of aliphatic imine (C=N–C) groups is 1. The van der Waals surface area contributed by atoms with Gasteiger partial charge in [0.2, 0.25) is 12.1 Å². The van der Waals surface area contributed by atoms with Gasteiger partial charge in [-0.05, 0) is 42.6 Å². The number of allylic oxidation sites excluding steroid dienone is 1. The summed E-state index contributed by atoms with van der Waals surface area (Å²) in [6, 6.07) is 10.3. The van der Waals surface area contributed by atoms with Crippen LogP contribution in [0.2, 0.25) is 25.7 Å². The first-order valence-electron chi connectivity index (χ1n) is 11.0. The number of benzene rings is 1. The van der Waals surface area contributed by atoms with Crippen molar-refractivity contribution in [1.29, 1.82) is 0 Å². The molecule has 0 spiro atoms. The number of ether oxygens (including phenoxy) is 3. The number of rotatable bonds is 11. The van der Waals surface area contributed by atoms with Crippen molar-refractivity contribution in [2.24, 2.45) is 10.7 Å². The Balaban J connectivity index is 1.65. The Morgan fingerprint density at radius 3 is 2.76 bits per heavy atom. The zero-order valence-electron chi connectivity index (χ0n) is 20.1. The van der Waals surface area contributed by atoms with E-state index in [4.69, 9.17) is 19.9 Å². The Bertz CT molecular complexity index is 1170. The normalized spacial score (nSPS) is 12.4. The average Bonchev–Trinajstić information content (AvgIpc) is 3.19. The maximum atomic E-state index is 11.5. The summed E-state index contributed by atoms with van der Waals surface area (Å²) in [7, 11) is 0.234. The minimum atomic E-state index is -1.13. The first-order chi connectivity index (χ1) is 16.3. The number of nitrogens with zero attached hydrogens (tertiary/aromatic N) is 3. The first-order valence-corrected chi connectivity index (χ1v) is 14.7. The predicted octanol–water partition coefficient (Wildman–Crippen LogP) is 3.39. The van der Waals surface area contributed by atoms with Crippen molar-refractivity contribution in [3.63, 3.8) is 0 Å². The maximum Gasteiger partial charge on any atom is 0.374 e. The fourth-order valence-electron chi connectivity index (χ4n) is 3.06. The molecule has 34 heavy (non-hydrogen) atoms. The van der Waals surface area contributed by atoms with E-state index in [9.17, 15) is 4.79 Å². The van der Waals surface area contributed by atoms with Gasteiger partial charge < -0.3 is 19.9 Å². The molecule has 0 unspecified atom stereocenters. The molecule has 0 amide bonds. The molecule has 2 heterocycles. The zero-order valence-corrected chi connectivity index (χ0v) is 21.1. The maximum absolute atomic E-state index is 11.5. The number of hydrogen-bond acceptors (Lipinski definition) is 7. The first kappa shape index (κ1) is 25.1. The summed E-state index contributed by atoms with van der Waals surface area (Å²) in [6.45, 7) is 8.03. The van der Waals surface area contributed by atoms with Gasteiger partial charge in [0.1, 0.15) is 18.0 Å². The number of fused-ring (bicyclic) bond motifs is 1. The second kappa shape index (κ2) is 11.6. The van der Waals surface area contributed by atoms with E-state index in [-0.39, 0.29) is 19.2 Å². The standard InChI is InChI=1S/C24H31N5O4Si/c1-31-24(30)16-29-15-19-13-20(6-7-22(19)28-29)33-23-8-5-18(14-26-23)21(9-10-25)27-17-32-11-12-34(2,3)4/h5-10,13-15H,11-12,16-17H2,1-4H3,(H2,25,27)/p+1. The number of carbonyl (C=O) groups excluding carboxylic acids is 1. The highest BCUT2D eigenvalue weighted by atomic mass is 28.3. The Labute approximate surface area is 200 Å². The van der Waals surface area contributed by atoms with E-state index >= 15 is 0 Å². The van der Waals surface area contributed by atoms with Gasteiger partial charge >= 0.3 is 5.97 Å². The SMILES string of the molecule is COC(=O)C[n+]1cc2cc(Oc3ccc(C(/C=C\N)=N\COCC[Si](C)(C)C)cn3)ccc2[nH]1. The summed E-state index contributed by atoms with van der Waals surface area (Å²) in [4.78, 5) is 20.4. The van der Waals surface area contributed by atoms with Gasteiger partial charge in [0.05, 0.1) is 18.2 Å². The third-order valence-electron chi connectivity index (χ3n) is 4.94. The van der Waals surface area contributed by atoms with Crippen molar-refractivity contribution in [3.8, 4) is 11.6 Å². The summed E-state index contributed by atoms with van der Waals surface area (Å²) < 4.78 is 17.9. The molecule has 0 bridgehead atoms. The number of H-pyrrole nitrogens is 1. The van der Waals surface area contributed by atoms with Crippen LogP contribution >= 0.6 is 0 Å². The molecule has 2 aromatic heterocycles. The van der Waals surface area contributed by atoms with Crippen molar-refractivity contribution in [1.82, 2.24) is 10.1 Å². The number of pyridine rings is 1. The monoisotopic (exact) mass is 482 g/mol. The molecule has 0 aliphatic heterocycles. The number of aromatic amines is 1. The Kier molecular flexibility index (Phi) is 8.55. The Morgan fingerprint density at radius 1 is 1.26 bits per heavy atom. The summed E-state index contributed by atoms with van der Waals surface area (Å²) in [5.74, 6) is 0.745. The van der Waals surface area contributed by atoms with Crippen LogP contribution in [0.5, 0.6) is 11.6 Å². The molecule has 3 N–H and O–H groups in total. The molecule has 0 saturated heterocycles. The largest absolute Gasteiger partial charge is 0.464 e. The lowest BCUT2D eigenvalue weighted by Crippen LogP contribution is -2.39. The fraction of sp³-hybridized carbons (Fsp3) is 0.333. The molecular weight excluding hydrogens is 450 g/mol. The van der Waals surface area contributed by atoms with Crippen LogP contribution in [-0.2, 0) is 20.8 Å². The van der Waals surface area contributed by atoms with E-state index in [2.05, 4.69) is 34.7 Å². The molecule has 0 aliphatic carbocycles. The highest BCUT2D eigenvalue weighted by molar-refractivity contribution is 6.76. The molecule has 3 rings (SSSR count). The molecule has 1 aromatic carbocycles. The fourth-order valence-corrected chi connectivity index (χ4v) is 3.82. The lowest BCUT2D eigenvalue weighted by Gasteiger charge is -2.14. The summed E-state index contributed by atoms with van der Waals surface area (Å²) in [5, 5.41) is 4.02. The van der Waals surface area contributed by atoms with Crippen LogP contribution in [0.4, 0.5) is 0 Å². The third kappa shape index (κ3) is 7.53. The van der Waals surface area contributed by atoms with Gasteiger partial charge in [-0.2, -0.15) is 5.10 Å². The van der Waals surface area contributed by atoms with Gasteiger partial charge in [-0.25, -0.2) is 9.78 Å². The molecule has 3 aromatic rings. The molecule has 0 atom stereocenters. The van der Waals surface area contributed by atoms with E-state index in [1.165, 1.54) is 13.3 Å². The van der Waals surface area contributed by atoms with Crippen molar-refractivity contribution in [3.05, 3.63) is 60.6 Å². The van der Waals surface area contributed by atoms with E-state index in [1.54, 1.807) is 23.0 Å². The highest BCUT2D eigenvalue weighted by Gasteiger charge is 2.14.